The van der Waals surface area contributed by atoms with E-state index >= 15 is 0 Å². The van der Waals surface area contributed by atoms with Crippen molar-refractivity contribution in [2.75, 3.05) is 20.2 Å². The monoisotopic (exact) mass is 332 g/mol. The van der Waals surface area contributed by atoms with Crippen LogP contribution in [0.3, 0.4) is 0 Å². The molecule has 0 bridgehead atoms. The van der Waals surface area contributed by atoms with E-state index in [4.69, 9.17) is 4.74 Å². The van der Waals surface area contributed by atoms with E-state index in [1.807, 2.05) is 29.2 Å². The van der Waals surface area contributed by atoms with Gasteiger partial charge in [-0.15, -0.1) is 0 Å². The molecule has 2 amide bonds. The second-order valence-electron chi connectivity index (χ2n) is 6.31. The van der Waals surface area contributed by atoms with Gasteiger partial charge in [-0.25, -0.2) is 0 Å². The number of benzene rings is 1. The van der Waals surface area contributed by atoms with Crippen molar-refractivity contribution < 1.29 is 14.3 Å². The number of likely N-dealkylation sites (tertiary alicyclic amines) is 1. The zero-order chi connectivity index (χ0) is 17.4. The zero-order valence-corrected chi connectivity index (χ0v) is 14.7. The van der Waals surface area contributed by atoms with Crippen LogP contribution in [-0.2, 0) is 16.0 Å². The lowest BCUT2D eigenvalue weighted by atomic mass is 10.0. The van der Waals surface area contributed by atoms with Gasteiger partial charge in [0.2, 0.25) is 11.8 Å². The average Bonchev–Trinajstić information content (AvgIpc) is 2.61. The van der Waals surface area contributed by atoms with Gasteiger partial charge < -0.3 is 15.0 Å². The molecule has 1 saturated heterocycles. The lowest BCUT2D eigenvalue weighted by Gasteiger charge is -2.32. The van der Waals surface area contributed by atoms with Crippen LogP contribution >= 0.6 is 0 Å². The number of nitrogens with one attached hydrogen (secondary N) is 1. The molecule has 0 atom stereocenters. The number of hydrogen-bond acceptors (Lipinski definition) is 3. The molecule has 2 rings (SSSR count). The van der Waals surface area contributed by atoms with E-state index < -0.39 is 0 Å². The Labute approximate surface area is 144 Å². The number of hydrogen-bond donors (Lipinski definition) is 1. The van der Waals surface area contributed by atoms with E-state index in [2.05, 4.69) is 12.2 Å². The summed E-state index contributed by atoms with van der Waals surface area (Å²) in [4.78, 5) is 26.2. The van der Waals surface area contributed by atoms with Gasteiger partial charge in [-0.05, 0) is 25.3 Å². The number of amides is 2. The third-order valence-corrected chi connectivity index (χ3v) is 4.50. The molecule has 1 aromatic rings. The third kappa shape index (κ3) is 5.25. The molecule has 0 saturated carbocycles. The molecule has 5 heteroatoms. The van der Waals surface area contributed by atoms with Crippen LogP contribution in [0.1, 0.15) is 44.6 Å². The van der Waals surface area contributed by atoms with Crippen molar-refractivity contribution in [3.8, 4) is 5.75 Å². The molecule has 1 aromatic carbocycles. The van der Waals surface area contributed by atoms with Gasteiger partial charge in [-0.3, -0.25) is 9.59 Å². The predicted molar refractivity (Wildman–Crippen MR) is 94.0 cm³/mol. The van der Waals surface area contributed by atoms with Crippen molar-refractivity contribution in [1.29, 1.82) is 0 Å². The van der Waals surface area contributed by atoms with Crippen LogP contribution in [0.2, 0.25) is 0 Å². The van der Waals surface area contributed by atoms with E-state index in [9.17, 15) is 9.59 Å². The van der Waals surface area contributed by atoms with Crippen LogP contribution in [0.15, 0.2) is 24.3 Å². The molecule has 132 valence electrons. The van der Waals surface area contributed by atoms with Gasteiger partial charge in [0.15, 0.2) is 0 Å². The Morgan fingerprint density at radius 3 is 2.62 bits per heavy atom. The van der Waals surface area contributed by atoms with E-state index in [0.29, 0.717) is 25.9 Å². The number of methoxy groups -OCH3 is 1. The van der Waals surface area contributed by atoms with Gasteiger partial charge in [0.05, 0.1) is 13.5 Å². The van der Waals surface area contributed by atoms with E-state index in [0.717, 1.165) is 37.0 Å². The number of carbonyl (C=O) groups is 2. The van der Waals surface area contributed by atoms with Crippen molar-refractivity contribution in [3.05, 3.63) is 29.8 Å². The third-order valence-electron chi connectivity index (χ3n) is 4.50. The fourth-order valence-corrected chi connectivity index (χ4v) is 3.03. The summed E-state index contributed by atoms with van der Waals surface area (Å²) in [5, 5.41) is 3.08. The van der Waals surface area contributed by atoms with Gasteiger partial charge in [-0.1, -0.05) is 31.5 Å². The van der Waals surface area contributed by atoms with Crippen molar-refractivity contribution in [3.63, 3.8) is 0 Å². The number of para-hydroxylation sites is 1. The molecule has 0 unspecified atom stereocenters. The van der Waals surface area contributed by atoms with Crippen molar-refractivity contribution >= 4 is 11.8 Å². The Hall–Kier alpha value is -2.04. The fraction of sp³-hybridized carbons (Fsp3) is 0.579. The largest absolute Gasteiger partial charge is 0.496 e. The average molecular weight is 332 g/mol. The smallest absolute Gasteiger partial charge is 0.227 e. The van der Waals surface area contributed by atoms with Crippen LogP contribution in [0, 0.1) is 0 Å². The first-order chi connectivity index (χ1) is 11.6. The summed E-state index contributed by atoms with van der Waals surface area (Å²) in [7, 11) is 1.62. The molecule has 24 heavy (non-hydrogen) atoms. The molecule has 0 radical (unpaired) electrons. The minimum absolute atomic E-state index is 0.121. The van der Waals surface area contributed by atoms with Gasteiger partial charge in [-0.2, -0.15) is 0 Å². The summed E-state index contributed by atoms with van der Waals surface area (Å²) >= 11 is 0. The number of rotatable bonds is 7. The van der Waals surface area contributed by atoms with Crippen LogP contribution in [0.5, 0.6) is 5.75 Å². The summed E-state index contributed by atoms with van der Waals surface area (Å²) < 4.78 is 5.31. The molecule has 1 aliphatic rings. The Bertz CT molecular complexity index is 551. The van der Waals surface area contributed by atoms with Gasteiger partial charge >= 0.3 is 0 Å². The Balaban J connectivity index is 1.79. The highest BCUT2D eigenvalue weighted by Gasteiger charge is 2.24. The molecule has 1 fully saturated rings. The number of piperidine rings is 1. The lowest BCUT2D eigenvalue weighted by molar-refractivity contribution is -0.131. The maximum Gasteiger partial charge on any atom is 0.227 e. The van der Waals surface area contributed by atoms with Crippen LogP contribution in [-0.4, -0.2) is 43.0 Å². The second kappa shape index (κ2) is 9.30. The Morgan fingerprint density at radius 1 is 1.25 bits per heavy atom. The highest BCUT2D eigenvalue weighted by Crippen LogP contribution is 2.20. The molecule has 0 aliphatic carbocycles. The molecule has 0 spiro atoms. The maximum atomic E-state index is 12.5. The number of nitrogens with zero attached hydrogens (tertiary/aromatic N) is 1. The van der Waals surface area contributed by atoms with Crippen LogP contribution in [0.25, 0.3) is 0 Å². The van der Waals surface area contributed by atoms with E-state index in [1.165, 1.54) is 0 Å². The first-order valence-electron chi connectivity index (χ1n) is 8.83. The van der Waals surface area contributed by atoms with Crippen molar-refractivity contribution in [1.82, 2.24) is 10.2 Å². The molecule has 5 nitrogen and oxygen atoms in total. The van der Waals surface area contributed by atoms with Crippen molar-refractivity contribution in [2.45, 2.75) is 51.5 Å². The van der Waals surface area contributed by atoms with Crippen LogP contribution in [0.4, 0.5) is 0 Å². The summed E-state index contributed by atoms with van der Waals surface area (Å²) in [6.07, 6.45) is 4.58. The molecular formula is C19H28N2O3. The summed E-state index contributed by atoms with van der Waals surface area (Å²) in [6.45, 7) is 3.48. The summed E-state index contributed by atoms with van der Waals surface area (Å²) in [5.41, 5.74) is 0.917. The summed E-state index contributed by atoms with van der Waals surface area (Å²) in [5.74, 6) is 1.01. The minimum atomic E-state index is 0.121. The standard InChI is InChI=1S/C19H28N2O3/c1-3-4-9-18(22)20-16-10-12-21(13-11-16)19(23)14-15-7-5-6-8-17(15)24-2/h5-8,16H,3-4,9-14H2,1-2H3,(H,20,22). The quantitative estimate of drug-likeness (QED) is 0.835. The van der Waals surface area contributed by atoms with Gasteiger partial charge in [0.25, 0.3) is 0 Å². The van der Waals surface area contributed by atoms with Crippen LogP contribution < -0.4 is 10.1 Å². The Kier molecular flexibility index (Phi) is 7.09. The predicted octanol–water partition coefficient (Wildman–Crippen LogP) is 2.54. The summed E-state index contributed by atoms with van der Waals surface area (Å²) in [6, 6.07) is 7.82. The fourth-order valence-electron chi connectivity index (χ4n) is 3.03. The lowest BCUT2D eigenvalue weighted by Crippen LogP contribution is -2.46. The topological polar surface area (TPSA) is 58.6 Å². The molecular weight excluding hydrogens is 304 g/mol. The zero-order valence-electron chi connectivity index (χ0n) is 14.7. The molecule has 1 heterocycles. The highest BCUT2D eigenvalue weighted by atomic mass is 16.5. The highest BCUT2D eigenvalue weighted by molar-refractivity contribution is 5.80. The molecule has 0 aromatic heterocycles. The number of unbranched alkanes of at least 4 members (excludes halogenated alkanes) is 1. The Morgan fingerprint density at radius 2 is 1.96 bits per heavy atom. The van der Waals surface area contributed by atoms with E-state index in [-0.39, 0.29) is 17.9 Å². The second-order valence-corrected chi connectivity index (χ2v) is 6.31. The maximum absolute atomic E-state index is 12.5. The van der Waals surface area contributed by atoms with Gasteiger partial charge in [0, 0.05) is 31.1 Å². The first kappa shape index (κ1) is 18.3. The SMILES string of the molecule is CCCCC(=O)NC1CCN(C(=O)Cc2ccccc2OC)CC1. The first-order valence-corrected chi connectivity index (χ1v) is 8.83. The molecule has 1 N–H and O–H groups in total. The molecule has 1 aliphatic heterocycles. The number of ether oxygens (including phenoxy) is 1. The number of carbonyl (C=O) groups excluding carboxylic acids is 2. The van der Waals surface area contributed by atoms with E-state index in [1.54, 1.807) is 7.11 Å². The minimum Gasteiger partial charge on any atom is -0.496 e. The van der Waals surface area contributed by atoms with Gasteiger partial charge in [0.1, 0.15) is 5.75 Å². The van der Waals surface area contributed by atoms with Crippen molar-refractivity contribution in [2.24, 2.45) is 0 Å². The normalized spacial score (nSPS) is 15.2.